The molecule has 0 saturated carbocycles. The maximum atomic E-state index is 12.0. The van der Waals surface area contributed by atoms with Gasteiger partial charge in [-0.15, -0.1) is 0 Å². The van der Waals surface area contributed by atoms with E-state index in [-0.39, 0.29) is 0 Å². The Morgan fingerprint density at radius 3 is 2.29 bits per heavy atom. The summed E-state index contributed by atoms with van der Waals surface area (Å²) < 4.78 is 4.83. The Morgan fingerprint density at radius 1 is 1.05 bits per heavy atom. The van der Waals surface area contributed by atoms with Gasteiger partial charge >= 0.3 is 5.97 Å². The first-order chi connectivity index (χ1) is 10.0. The maximum absolute atomic E-state index is 12.0. The topological polar surface area (TPSA) is 38.3 Å². The summed E-state index contributed by atoms with van der Waals surface area (Å²) in [6, 6.07) is 11.3. The van der Waals surface area contributed by atoms with Gasteiger partial charge < -0.3 is 10.1 Å². The molecule has 2 rings (SSSR count). The normalized spacial score (nSPS) is 11.8. The molecule has 0 heterocycles. The van der Waals surface area contributed by atoms with Gasteiger partial charge in [-0.1, -0.05) is 40.9 Å². The van der Waals surface area contributed by atoms with Crippen molar-refractivity contribution < 1.29 is 9.53 Å². The first kappa shape index (κ1) is 16.0. The van der Waals surface area contributed by atoms with E-state index >= 15 is 0 Å². The number of rotatable bonds is 4. The zero-order valence-electron chi connectivity index (χ0n) is 11.1. The van der Waals surface area contributed by atoms with Crippen LogP contribution in [0.5, 0.6) is 0 Å². The van der Waals surface area contributed by atoms with Crippen LogP contribution in [0.15, 0.2) is 42.5 Å². The van der Waals surface area contributed by atoms with Crippen molar-refractivity contribution in [1.82, 2.24) is 0 Å². The van der Waals surface area contributed by atoms with Crippen molar-refractivity contribution >= 4 is 46.5 Å². The van der Waals surface area contributed by atoms with E-state index in [0.29, 0.717) is 20.6 Å². The van der Waals surface area contributed by atoms with Gasteiger partial charge in [0.15, 0.2) is 6.04 Å². The van der Waals surface area contributed by atoms with E-state index in [2.05, 4.69) is 5.32 Å². The lowest BCUT2D eigenvalue weighted by molar-refractivity contribution is -0.141. The SMILES string of the molecule is COC(=O)C(Nc1ccc(Cl)cc1)c1ccc(Cl)c(Cl)c1. The molecule has 1 unspecified atom stereocenters. The molecule has 21 heavy (non-hydrogen) atoms. The van der Waals surface area contributed by atoms with Gasteiger partial charge in [-0.25, -0.2) is 4.79 Å². The van der Waals surface area contributed by atoms with E-state index in [1.807, 2.05) is 0 Å². The summed E-state index contributed by atoms with van der Waals surface area (Å²) >= 11 is 17.7. The highest BCUT2D eigenvalue weighted by Crippen LogP contribution is 2.28. The molecule has 0 aromatic heterocycles. The van der Waals surface area contributed by atoms with Crippen LogP contribution in [0.25, 0.3) is 0 Å². The Labute approximate surface area is 137 Å². The molecular weight excluding hydrogens is 333 g/mol. The minimum absolute atomic E-state index is 0.376. The quantitative estimate of drug-likeness (QED) is 0.796. The summed E-state index contributed by atoms with van der Waals surface area (Å²) in [7, 11) is 1.33. The number of ether oxygens (including phenoxy) is 1. The maximum Gasteiger partial charge on any atom is 0.332 e. The number of halogens is 3. The summed E-state index contributed by atoms with van der Waals surface area (Å²) in [5, 5.41) is 4.50. The van der Waals surface area contributed by atoms with Crippen molar-refractivity contribution in [1.29, 1.82) is 0 Å². The Hall–Kier alpha value is -1.42. The highest BCUT2D eigenvalue weighted by atomic mass is 35.5. The molecule has 0 radical (unpaired) electrons. The number of hydrogen-bond donors (Lipinski definition) is 1. The third-order valence-electron chi connectivity index (χ3n) is 2.87. The number of carbonyl (C=O) groups excluding carboxylic acids is 1. The molecule has 0 amide bonds. The third-order valence-corrected chi connectivity index (χ3v) is 3.86. The zero-order valence-corrected chi connectivity index (χ0v) is 13.3. The molecule has 0 aliphatic rings. The molecular formula is C15H12Cl3NO2. The number of nitrogens with one attached hydrogen (secondary N) is 1. The van der Waals surface area contributed by atoms with Crippen LogP contribution in [0.4, 0.5) is 5.69 Å². The third kappa shape index (κ3) is 4.03. The van der Waals surface area contributed by atoms with Gasteiger partial charge in [-0.3, -0.25) is 0 Å². The van der Waals surface area contributed by atoms with E-state index < -0.39 is 12.0 Å². The number of carbonyl (C=O) groups is 1. The van der Waals surface area contributed by atoms with Crippen molar-refractivity contribution in [2.45, 2.75) is 6.04 Å². The summed E-state index contributed by atoms with van der Waals surface area (Å²) in [6.45, 7) is 0. The summed E-state index contributed by atoms with van der Waals surface area (Å²) in [4.78, 5) is 12.0. The zero-order chi connectivity index (χ0) is 15.4. The number of anilines is 1. The van der Waals surface area contributed by atoms with Crippen LogP contribution in [0.1, 0.15) is 11.6 Å². The standard InChI is InChI=1S/C15H12Cl3NO2/c1-21-15(20)14(9-2-7-12(17)13(18)8-9)19-11-5-3-10(16)4-6-11/h2-8,14,19H,1H3. The summed E-state index contributed by atoms with van der Waals surface area (Å²) in [6.07, 6.45) is 0. The van der Waals surface area contributed by atoms with Crippen LogP contribution < -0.4 is 5.32 Å². The lowest BCUT2D eigenvalue weighted by Gasteiger charge is -2.18. The number of hydrogen-bond acceptors (Lipinski definition) is 3. The van der Waals surface area contributed by atoms with Crippen molar-refractivity contribution in [3.05, 3.63) is 63.1 Å². The van der Waals surface area contributed by atoms with Crippen molar-refractivity contribution in [3.63, 3.8) is 0 Å². The van der Waals surface area contributed by atoms with Crippen LogP contribution in [0, 0.1) is 0 Å². The average Bonchev–Trinajstić information content (AvgIpc) is 2.49. The van der Waals surface area contributed by atoms with Crippen LogP contribution >= 0.6 is 34.8 Å². The van der Waals surface area contributed by atoms with E-state index in [9.17, 15) is 4.79 Å². The smallest absolute Gasteiger partial charge is 0.332 e. The first-order valence-electron chi connectivity index (χ1n) is 6.06. The predicted molar refractivity (Wildman–Crippen MR) is 86.3 cm³/mol. The fourth-order valence-corrected chi connectivity index (χ4v) is 2.23. The van der Waals surface area contributed by atoms with Gasteiger partial charge in [0, 0.05) is 10.7 Å². The van der Waals surface area contributed by atoms with E-state index in [4.69, 9.17) is 39.5 Å². The second kappa shape index (κ2) is 7.03. The van der Waals surface area contributed by atoms with Crippen LogP contribution in [-0.2, 0) is 9.53 Å². The van der Waals surface area contributed by atoms with E-state index in [1.165, 1.54) is 7.11 Å². The summed E-state index contributed by atoms with van der Waals surface area (Å²) in [5.74, 6) is -0.427. The molecule has 0 aliphatic heterocycles. The van der Waals surface area contributed by atoms with Gasteiger partial charge in [0.2, 0.25) is 0 Å². The molecule has 2 aromatic carbocycles. The first-order valence-corrected chi connectivity index (χ1v) is 7.19. The van der Waals surface area contributed by atoms with Gasteiger partial charge in [-0.2, -0.15) is 0 Å². The number of esters is 1. The van der Waals surface area contributed by atoms with Crippen molar-refractivity contribution in [2.75, 3.05) is 12.4 Å². The molecule has 0 fully saturated rings. The lowest BCUT2D eigenvalue weighted by Crippen LogP contribution is -2.22. The largest absolute Gasteiger partial charge is 0.467 e. The number of benzene rings is 2. The molecule has 2 aromatic rings. The highest BCUT2D eigenvalue weighted by molar-refractivity contribution is 6.42. The van der Waals surface area contributed by atoms with Gasteiger partial charge in [-0.05, 0) is 42.0 Å². The second-order valence-corrected chi connectivity index (χ2v) is 5.53. The van der Waals surface area contributed by atoms with Crippen LogP contribution in [0.3, 0.4) is 0 Å². The Bertz CT molecular complexity index is 644. The molecule has 0 aliphatic carbocycles. The number of methoxy groups -OCH3 is 1. The molecule has 6 heteroatoms. The Balaban J connectivity index is 2.31. The molecule has 0 spiro atoms. The van der Waals surface area contributed by atoms with Crippen molar-refractivity contribution in [2.24, 2.45) is 0 Å². The molecule has 0 saturated heterocycles. The molecule has 0 bridgehead atoms. The Morgan fingerprint density at radius 2 is 1.71 bits per heavy atom. The predicted octanol–water partition coefficient (Wildman–Crippen LogP) is 4.97. The molecule has 1 N–H and O–H groups in total. The minimum Gasteiger partial charge on any atom is -0.467 e. The van der Waals surface area contributed by atoms with Gasteiger partial charge in [0.1, 0.15) is 0 Å². The minimum atomic E-state index is -0.689. The van der Waals surface area contributed by atoms with Crippen molar-refractivity contribution in [3.8, 4) is 0 Å². The van der Waals surface area contributed by atoms with Gasteiger partial charge in [0.25, 0.3) is 0 Å². The average molecular weight is 345 g/mol. The fraction of sp³-hybridized carbons (Fsp3) is 0.133. The molecule has 1 atom stereocenters. The lowest BCUT2D eigenvalue weighted by atomic mass is 10.1. The molecule has 3 nitrogen and oxygen atoms in total. The molecule has 110 valence electrons. The van der Waals surface area contributed by atoms with E-state index in [1.54, 1.807) is 42.5 Å². The van der Waals surface area contributed by atoms with Crippen LogP contribution in [-0.4, -0.2) is 13.1 Å². The summed E-state index contributed by atoms with van der Waals surface area (Å²) in [5.41, 5.74) is 1.40. The van der Waals surface area contributed by atoms with Gasteiger partial charge in [0.05, 0.1) is 17.2 Å². The van der Waals surface area contributed by atoms with E-state index in [0.717, 1.165) is 5.69 Å². The second-order valence-electron chi connectivity index (χ2n) is 4.28. The Kier molecular flexibility index (Phi) is 5.34. The van der Waals surface area contributed by atoms with Crippen LogP contribution in [0.2, 0.25) is 15.1 Å². The fourth-order valence-electron chi connectivity index (χ4n) is 1.80. The highest BCUT2D eigenvalue weighted by Gasteiger charge is 2.22. The monoisotopic (exact) mass is 343 g/mol.